The van der Waals surface area contributed by atoms with E-state index in [0.717, 1.165) is 31.9 Å². The fourth-order valence-electron chi connectivity index (χ4n) is 3.52. The Morgan fingerprint density at radius 2 is 1.83 bits per heavy atom. The van der Waals surface area contributed by atoms with Crippen LogP contribution in [0.5, 0.6) is 5.75 Å². The van der Waals surface area contributed by atoms with E-state index < -0.39 is 0 Å². The second-order valence-corrected chi connectivity index (χ2v) is 6.40. The Bertz CT molecular complexity index is 631. The summed E-state index contributed by atoms with van der Waals surface area (Å²) in [5.74, 6) is 0.947. The van der Waals surface area contributed by atoms with Crippen LogP contribution in [-0.4, -0.2) is 37.7 Å². The summed E-state index contributed by atoms with van der Waals surface area (Å²) in [4.78, 5) is 2.61. The molecule has 0 saturated carbocycles. The van der Waals surface area contributed by atoms with Gasteiger partial charge in [0.25, 0.3) is 0 Å². The molecule has 1 aliphatic rings. The van der Waals surface area contributed by atoms with Gasteiger partial charge in [-0.2, -0.15) is 0 Å². The Kier molecular flexibility index (Phi) is 5.89. The number of rotatable bonds is 5. The molecule has 0 bridgehead atoms. The van der Waals surface area contributed by atoms with Crippen molar-refractivity contribution in [2.45, 2.75) is 26.3 Å². The number of benzene rings is 2. The van der Waals surface area contributed by atoms with Gasteiger partial charge in [-0.15, -0.1) is 0 Å². The van der Waals surface area contributed by atoms with E-state index in [0.29, 0.717) is 12.6 Å². The van der Waals surface area contributed by atoms with Gasteiger partial charge in [-0.3, -0.25) is 4.90 Å². The van der Waals surface area contributed by atoms with Crippen molar-refractivity contribution < 1.29 is 4.74 Å². The highest BCUT2D eigenvalue weighted by atomic mass is 16.5. The minimum atomic E-state index is 0.307. The minimum absolute atomic E-state index is 0.307. The van der Waals surface area contributed by atoms with Crippen LogP contribution >= 0.6 is 0 Å². The molecule has 3 nitrogen and oxygen atoms in total. The molecule has 0 aliphatic carbocycles. The van der Waals surface area contributed by atoms with Crippen molar-refractivity contribution in [1.82, 2.24) is 10.2 Å². The third-order valence-corrected chi connectivity index (χ3v) is 4.73. The summed E-state index contributed by atoms with van der Waals surface area (Å²) in [6, 6.07) is 17.7. The zero-order chi connectivity index (χ0) is 16.8. The molecule has 0 spiro atoms. The van der Waals surface area contributed by atoms with Crippen molar-refractivity contribution in [2.24, 2.45) is 0 Å². The van der Waals surface area contributed by atoms with Crippen molar-refractivity contribution >= 4 is 0 Å². The van der Waals surface area contributed by atoms with E-state index in [9.17, 15) is 0 Å². The van der Waals surface area contributed by atoms with Crippen LogP contribution in [0.15, 0.2) is 48.5 Å². The Labute approximate surface area is 145 Å². The number of ether oxygens (including phenoxy) is 1. The molecule has 1 unspecified atom stereocenters. The van der Waals surface area contributed by atoms with Crippen LogP contribution in [0.1, 0.15) is 36.1 Å². The normalized spacial score (nSPS) is 17.2. The number of aryl methyl sites for hydroxylation is 1. The lowest BCUT2D eigenvalue weighted by molar-refractivity contribution is 0.240. The maximum absolute atomic E-state index is 5.61. The molecule has 0 amide bonds. The lowest BCUT2D eigenvalue weighted by atomic mass is 9.93. The Hall–Kier alpha value is -1.84. The van der Waals surface area contributed by atoms with E-state index in [4.69, 9.17) is 4.74 Å². The average Bonchev–Trinajstić information content (AvgIpc) is 2.88. The molecule has 128 valence electrons. The molecule has 1 N–H and O–H groups in total. The fourth-order valence-corrected chi connectivity index (χ4v) is 3.52. The average molecular weight is 324 g/mol. The van der Waals surface area contributed by atoms with E-state index in [1.807, 2.05) is 6.92 Å². The highest BCUT2D eigenvalue weighted by Gasteiger charge is 2.24. The maximum atomic E-state index is 5.61. The molecule has 3 heteroatoms. The highest BCUT2D eigenvalue weighted by molar-refractivity contribution is 5.39. The fraction of sp³-hybridized carbons (Fsp3) is 0.429. The topological polar surface area (TPSA) is 24.5 Å². The highest BCUT2D eigenvalue weighted by Crippen LogP contribution is 2.32. The first-order valence-corrected chi connectivity index (χ1v) is 9.02. The molecule has 1 fully saturated rings. The summed E-state index contributed by atoms with van der Waals surface area (Å²) >= 11 is 0. The van der Waals surface area contributed by atoms with Gasteiger partial charge in [-0.25, -0.2) is 0 Å². The maximum Gasteiger partial charge on any atom is 0.119 e. The summed E-state index contributed by atoms with van der Waals surface area (Å²) in [5.41, 5.74) is 4.10. The largest absolute Gasteiger partial charge is 0.494 e. The van der Waals surface area contributed by atoms with E-state index >= 15 is 0 Å². The molecular weight excluding hydrogens is 296 g/mol. The molecular formula is C21H28N2O. The summed E-state index contributed by atoms with van der Waals surface area (Å²) in [5, 5.41) is 3.51. The molecule has 0 aromatic heterocycles. The SMILES string of the molecule is CCOc1ccc(C(c2ccccc2C)N2CCCNCC2)cc1. The second kappa shape index (κ2) is 8.32. The molecule has 1 heterocycles. The van der Waals surface area contributed by atoms with Crippen molar-refractivity contribution in [3.05, 3.63) is 65.2 Å². The van der Waals surface area contributed by atoms with Crippen LogP contribution in [-0.2, 0) is 0 Å². The predicted octanol–water partition coefficient (Wildman–Crippen LogP) is 3.78. The van der Waals surface area contributed by atoms with Crippen molar-refractivity contribution in [1.29, 1.82) is 0 Å². The van der Waals surface area contributed by atoms with Crippen molar-refractivity contribution in [3.8, 4) is 5.75 Å². The smallest absolute Gasteiger partial charge is 0.119 e. The van der Waals surface area contributed by atoms with Gasteiger partial charge in [0.2, 0.25) is 0 Å². The standard InChI is InChI=1S/C21H28N2O/c1-3-24-19-11-9-18(10-12-19)21(20-8-5-4-7-17(20)2)23-15-6-13-22-14-16-23/h4-5,7-12,21-22H,3,6,13-16H2,1-2H3. The quantitative estimate of drug-likeness (QED) is 0.906. The van der Waals surface area contributed by atoms with Crippen LogP contribution in [0, 0.1) is 6.92 Å². The molecule has 3 rings (SSSR count). The van der Waals surface area contributed by atoms with Crippen LogP contribution in [0.2, 0.25) is 0 Å². The molecule has 1 atom stereocenters. The summed E-state index contributed by atoms with van der Waals surface area (Å²) < 4.78 is 5.61. The van der Waals surface area contributed by atoms with Crippen LogP contribution in [0.3, 0.4) is 0 Å². The van der Waals surface area contributed by atoms with Gasteiger partial charge >= 0.3 is 0 Å². The Morgan fingerprint density at radius 3 is 2.58 bits per heavy atom. The van der Waals surface area contributed by atoms with Gasteiger partial charge in [0.15, 0.2) is 0 Å². The van der Waals surface area contributed by atoms with Gasteiger partial charge in [0, 0.05) is 19.6 Å². The predicted molar refractivity (Wildman–Crippen MR) is 99.7 cm³/mol. The van der Waals surface area contributed by atoms with Crippen molar-refractivity contribution in [3.63, 3.8) is 0 Å². The molecule has 1 saturated heterocycles. The van der Waals surface area contributed by atoms with Gasteiger partial charge in [0.05, 0.1) is 12.6 Å². The van der Waals surface area contributed by atoms with Gasteiger partial charge in [-0.1, -0.05) is 36.4 Å². The molecule has 0 radical (unpaired) electrons. The summed E-state index contributed by atoms with van der Waals surface area (Å²) in [6.45, 7) is 9.31. The van der Waals surface area contributed by atoms with E-state index in [1.54, 1.807) is 0 Å². The molecule has 1 aliphatic heterocycles. The van der Waals surface area contributed by atoms with Crippen LogP contribution in [0.4, 0.5) is 0 Å². The van der Waals surface area contributed by atoms with Crippen LogP contribution in [0.25, 0.3) is 0 Å². The number of nitrogens with zero attached hydrogens (tertiary/aromatic N) is 1. The van der Waals surface area contributed by atoms with Crippen molar-refractivity contribution in [2.75, 3.05) is 32.8 Å². The third-order valence-electron chi connectivity index (χ3n) is 4.73. The van der Waals surface area contributed by atoms with E-state index in [1.165, 1.54) is 23.1 Å². The Balaban J connectivity index is 1.96. The third kappa shape index (κ3) is 3.97. The zero-order valence-corrected chi connectivity index (χ0v) is 14.8. The first kappa shape index (κ1) is 17.0. The summed E-state index contributed by atoms with van der Waals surface area (Å²) in [6.07, 6.45) is 1.19. The second-order valence-electron chi connectivity index (χ2n) is 6.40. The monoisotopic (exact) mass is 324 g/mol. The molecule has 24 heavy (non-hydrogen) atoms. The van der Waals surface area contributed by atoms with E-state index in [2.05, 4.69) is 65.7 Å². The molecule has 2 aromatic carbocycles. The number of hydrogen-bond donors (Lipinski definition) is 1. The number of hydrogen-bond acceptors (Lipinski definition) is 3. The molecule has 2 aromatic rings. The minimum Gasteiger partial charge on any atom is -0.494 e. The number of nitrogens with one attached hydrogen (secondary N) is 1. The lowest BCUT2D eigenvalue weighted by Crippen LogP contribution is -2.33. The van der Waals surface area contributed by atoms with Gasteiger partial charge in [0.1, 0.15) is 5.75 Å². The first-order chi connectivity index (χ1) is 11.8. The lowest BCUT2D eigenvalue weighted by Gasteiger charge is -2.32. The van der Waals surface area contributed by atoms with Gasteiger partial charge in [-0.05, 0) is 55.6 Å². The van der Waals surface area contributed by atoms with Gasteiger partial charge < -0.3 is 10.1 Å². The van der Waals surface area contributed by atoms with Crippen LogP contribution < -0.4 is 10.1 Å². The Morgan fingerprint density at radius 1 is 1.04 bits per heavy atom. The first-order valence-electron chi connectivity index (χ1n) is 9.02. The zero-order valence-electron chi connectivity index (χ0n) is 14.8. The summed E-state index contributed by atoms with van der Waals surface area (Å²) in [7, 11) is 0. The van der Waals surface area contributed by atoms with E-state index in [-0.39, 0.29) is 0 Å².